The molecule has 2 aromatic carbocycles. The molecule has 1 aliphatic rings. The van der Waals surface area contributed by atoms with E-state index in [1.54, 1.807) is 28.6 Å². The fourth-order valence-electron chi connectivity index (χ4n) is 3.42. The Morgan fingerprint density at radius 2 is 1.68 bits per heavy atom. The molecule has 3 rings (SSSR count). The van der Waals surface area contributed by atoms with Crippen molar-refractivity contribution in [1.82, 2.24) is 9.62 Å². The van der Waals surface area contributed by atoms with Crippen LogP contribution in [-0.2, 0) is 15.8 Å². The Morgan fingerprint density at radius 1 is 1.04 bits per heavy atom. The Kier molecular flexibility index (Phi) is 6.20. The minimum absolute atomic E-state index is 0.0199. The van der Waals surface area contributed by atoms with Gasteiger partial charge in [0.2, 0.25) is 10.0 Å². The zero-order valence-corrected chi connectivity index (χ0v) is 17.6. The molecule has 150 valence electrons. The van der Waals surface area contributed by atoms with Crippen LogP contribution in [-0.4, -0.2) is 31.7 Å². The van der Waals surface area contributed by atoms with Crippen molar-refractivity contribution in [2.24, 2.45) is 0 Å². The standard InChI is InChI=1S/C22H28N2O3S/c1-16-6-9-21(14-17(16)2)18(3)23-22(25)20-10-7-19(8-11-20)15-28(26,27)24-12-4-5-13-24/h6-11,14,18H,4-5,12-13,15H2,1-3H3,(H,23,25)/t18-/m1/s1. The summed E-state index contributed by atoms with van der Waals surface area (Å²) < 4.78 is 26.4. The highest BCUT2D eigenvalue weighted by Gasteiger charge is 2.25. The summed E-state index contributed by atoms with van der Waals surface area (Å²) in [7, 11) is -3.28. The second-order valence-corrected chi connectivity index (χ2v) is 9.57. The van der Waals surface area contributed by atoms with E-state index in [-0.39, 0.29) is 17.7 Å². The van der Waals surface area contributed by atoms with Gasteiger partial charge in [-0.25, -0.2) is 12.7 Å². The number of carbonyl (C=O) groups excluding carboxylic acids is 1. The first-order valence-corrected chi connectivity index (χ1v) is 11.3. The quantitative estimate of drug-likeness (QED) is 0.804. The summed E-state index contributed by atoms with van der Waals surface area (Å²) in [5, 5.41) is 3.01. The molecule has 1 atom stereocenters. The number of benzene rings is 2. The molecule has 1 saturated heterocycles. The van der Waals surface area contributed by atoms with Crippen LogP contribution in [0.15, 0.2) is 42.5 Å². The van der Waals surface area contributed by atoms with Crippen LogP contribution in [0.2, 0.25) is 0 Å². The van der Waals surface area contributed by atoms with Gasteiger partial charge in [0.1, 0.15) is 0 Å². The third-order valence-electron chi connectivity index (χ3n) is 5.40. The molecule has 0 aliphatic carbocycles. The van der Waals surface area contributed by atoms with E-state index in [9.17, 15) is 13.2 Å². The van der Waals surface area contributed by atoms with Crippen molar-refractivity contribution in [3.8, 4) is 0 Å². The molecule has 1 heterocycles. The Hall–Kier alpha value is -2.18. The van der Waals surface area contributed by atoms with Gasteiger partial charge >= 0.3 is 0 Å². The number of hydrogen-bond donors (Lipinski definition) is 1. The second-order valence-electron chi connectivity index (χ2n) is 7.60. The molecule has 1 aliphatic heterocycles. The lowest BCUT2D eigenvalue weighted by molar-refractivity contribution is 0.0940. The fraction of sp³-hybridized carbons (Fsp3) is 0.409. The first kappa shape index (κ1) is 20.6. The number of sulfonamides is 1. The van der Waals surface area contributed by atoms with Gasteiger partial charge in [0.25, 0.3) is 5.91 Å². The zero-order valence-electron chi connectivity index (χ0n) is 16.7. The van der Waals surface area contributed by atoms with Gasteiger partial charge in [0, 0.05) is 18.7 Å². The summed E-state index contributed by atoms with van der Waals surface area (Å²) in [6.07, 6.45) is 1.86. The van der Waals surface area contributed by atoms with Crippen LogP contribution in [0, 0.1) is 13.8 Å². The summed E-state index contributed by atoms with van der Waals surface area (Å²) in [4.78, 5) is 12.5. The molecule has 1 N–H and O–H groups in total. The van der Waals surface area contributed by atoms with Crippen LogP contribution in [0.1, 0.15) is 58.4 Å². The van der Waals surface area contributed by atoms with E-state index in [4.69, 9.17) is 0 Å². The minimum Gasteiger partial charge on any atom is -0.346 e. The largest absolute Gasteiger partial charge is 0.346 e. The van der Waals surface area contributed by atoms with Gasteiger partial charge in [-0.15, -0.1) is 0 Å². The van der Waals surface area contributed by atoms with Gasteiger partial charge in [-0.05, 0) is 68.0 Å². The predicted octanol–water partition coefficient (Wildman–Crippen LogP) is 3.72. The molecule has 0 unspecified atom stereocenters. The maximum Gasteiger partial charge on any atom is 0.251 e. The summed E-state index contributed by atoms with van der Waals surface area (Å²) in [5.74, 6) is -0.187. The molecular weight excluding hydrogens is 372 g/mol. The Balaban J connectivity index is 1.63. The molecule has 0 aromatic heterocycles. The highest BCUT2D eigenvalue weighted by atomic mass is 32.2. The monoisotopic (exact) mass is 400 g/mol. The number of carbonyl (C=O) groups is 1. The average Bonchev–Trinajstić information content (AvgIpc) is 3.20. The maximum atomic E-state index is 12.5. The van der Waals surface area contributed by atoms with Crippen molar-refractivity contribution in [1.29, 1.82) is 0 Å². The van der Waals surface area contributed by atoms with Crippen molar-refractivity contribution in [2.45, 2.75) is 45.4 Å². The molecule has 0 radical (unpaired) electrons. The Bertz CT molecular complexity index is 946. The molecule has 2 aromatic rings. The van der Waals surface area contributed by atoms with Crippen LogP contribution in [0.5, 0.6) is 0 Å². The third-order valence-corrected chi connectivity index (χ3v) is 7.25. The third kappa shape index (κ3) is 4.80. The van der Waals surface area contributed by atoms with Gasteiger partial charge in [0.15, 0.2) is 0 Å². The smallest absolute Gasteiger partial charge is 0.251 e. The average molecular weight is 401 g/mol. The van der Waals surface area contributed by atoms with Crippen LogP contribution in [0.3, 0.4) is 0 Å². The number of aryl methyl sites for hydroxylation is 2. The van der Waals surface area contributed by atoms with Crippen LogP contribution in [0.4, 0.5) is 0 Å². The number of nitrogens with zero attached hydrogens (tertiary/aromatic N) is 1. The lowest BCUT2D eigenvalue weighted by Gasteiger charge is -2.17. The maximum absolute atomic E-state index is 12.5. The van der Waals surface area contributed by atoms with E-state index in [0.717, 1.165) is 18.4 Å². The van der Waals surface area contributed by atoms with Gasteiger partial charge in [-0.1, -0.05) is 30.3 Å². The molecule has 0 bridgehead atoms. The van der Waals surface area contributed by atoms with E-state index in [1.165, 1.54) is 11.1 Å². The van der Waals surface area contributed by atoms with Crippen LogP contribution >= 0.6 is 0 Å². The van der Waals surface area contributed by atoms with Gasteiger partial charge in [0.05, 0.1) is 11.8 Å². The lowest BCUT2D eigenvalue weighted by Crippen LogP contribution is -2.29. The van der Waals surface area contributed by atoms with Crippen molar-refractivity contribution < 1.29 is 13.2 Å². The van der Waals surface area contributed by atoms with E-state index >= 15 is 0 Å². The molecule has 0 saturated carbocycles. The molecule has 1 amide bonds. The van der Waals surface area contributed by atoms with Crippen molar-refractivity contribution in [3.05, 3.63) is 70.3 Å². The predicted molar refractivity (Wildman–Crippen MR) is 112 cm³/mol. The number of rotatable bonds is 6. The van der Waals surface area contributed by atoms with E-state index < -0.39 is 10.0 Å². The summed E-state index contributed by atoms with van der Waals surface area (Å²) >= 11 is 0. The first-order chi connectivity index (χ1) is 13.3. The topological polar surface area (TPSA) is 66.5 Å². The normalized spacial score (nSPS) is 16.1. The number of nitrogens with one attached hydrogen (secondary N) is 1. The molecular formula is C22H28N2O3S. The SMILES string of the molecule is Cc1ccc([C@@H](C)NC(=O)c2ccc(CS(=O)(=O)N3CCCC3)cc2)cc1C. The van der Waals surface area contributed by atoms with E-state index in [1.807, 2.05) is 13.0 Å². The second kappa shape index (κ2) is 8.45. The Labute approximate surface area is 167 Å². The van der Waals surface area contributed by atoms with Gasteiger partial charge in [-0.3, -0.25) is 4.79 Å². The molecule has 5 nitrogen and oxygen atoms in total. The number of hydrogen-bond acceptors (Lipinski definition) is 3. The van der Waals surface area contributed by atoms with Crippen molar-refractivity contribution >= 4 is 15.9 Å². The zero-order chi connectivity index (χ0) is 20.3. The van der Waals surface area contributed by atoms with Crippen molar-refractivity contribution in [2.75, 3.05) is 13.1 Å². The highest BCUT2D eigenvalue weighted by Crippen LogP contribution is 2.19. The Morgan fingerprint density at radius 3 is 2.29 bits per heavy atom. The van der Waals surface area contributed by atoms with Crippen molar-refractivity contribution in [3.63, 3.8) is 0 Å². The van der Waals surface area contributed by atoms with Gasteiger partial charge in [-0.2, -0.15) is 0 Å². The lowest BCUT2D eigenvalue weighted by atomic mass is 10.0. The molecule has 28 heavy (non-hydrogen) atoms. The van der Waals surface area contributed by atoms with Gasteiger partial charge < -0.3 is 5.32 Å². The van der Waals surface area contributed by atoms with E-state index in [0.29, 0.717) is 24.2 Å². The molecule has 1 fully saturated rings. The first-order valence-electron chi connectivity index (χ1n) is 9.71. The highest BCUT2D eigenvalue weighted by molar-refractivity contribution is 7.88. The molecule has 6 heteroatoms. The van der Waals surface area contributed by atoms with Crippen LogP contribution < -0.4 is 5.32 Å². The van der Waals surface area contributed by atoms with E-state index in [2.05, 4.69) is 31.3 Å². The fourth-order valence-corrected chi connectivity index (χ4v) is 5.03. The summed E-state index contributed by atoms with van der Waals surface area (Å²) in [6.45, 7) is 7.30. The molecule has 0 spiro atoms. The summed E-state index contributed by atoms with van der Waals surface area (Å²) in [6, 6.07) is 12.9. The summed E-state index contributed by atoms with van der Waals surface area (Å²) in [5.41, 5.74) is 4.71. The number of amides is 1. The van der Waals surface area contributed by atoms with Crippen LogP contribution in [0.25, 0.3) is 0 Å². The minimum atomic E-state index is -3.28.